The third-order valence-corrected chi connectivity index (χ3v) is 2.14. The molecule has 1 aromatic carbocycles. The maximum Gasteiger partial charge on any atom is 0.261 e. The van der Waals surface area contributed by atoms with Crippen LogP contribution in [0.3, 0.4) is 0 Å². The molecule has 1 N–H and O–H groups in total. The number of hydrogen-bond donors (Lipinski definition) is 1. The van der Waals surface area contributed by atoms with Gasteiger partial charge >= 0.3 is 0 Å². The van der Waals surface area contributed by atoms with E-state index in [9.17, 15) is 8.78 Å². The first-order valence-corrected chi connectivity index (χ1v) is 4.58. The van der Waals surface area contributed by atoms with Crippen molar-refractivity contribution in [2.24, 2.45) is 0 Å². The molecule has 0 saturated carbocycles. The molecule has 0 spiro atoms. The minimum Gasteiger partial charge on any atom is -0.388 e. The number of rotatable bonds is 2. The van der Waals surface area contributed by atoms with Crippen molar-refractivity contribution in [2.45, 2.75) is 6.61 Å². The van der Waals surface area contributed by atoms with Crippen molar-refractivity contribution in [1.82, 2.24) is 10.1 Å². The van der Waals surface area contributed by atoms with Crippen LogP contribution in [0.2, 0.25) is 5.02 Å². The topological polar surface area (TPSA) is 59.2 Å². The Hall–Kier alpha value is -1.53. The van der Waals surface area contributed by atoms with Gasteiger partial charge in [-0.3, -0.25) is 0 Å². The first kappa shape index (κ1) is 11.0. The van der Waals surface area contributed by atoms with E-state index in [2.05, 4.69) is 14.7 Å². The number of nitrogens with zero attached hydrogens (tertiary/aromatic N) is 2. The van der Waals surface area contributed by atoms with Crippen LogP contribution in [0.1, 0.15) is 5.82 Å². The Labute approximate surface area is 93.5 Å². The summed E-state index contributed by atoms with van der Waals surface area (Å²) < 4.78 is 31.1. The van der Waals surface area contributed by atoms with Crippen LogP contribution in [0.15, 0.2) is 16.7 Å². The van der Waals surface area contributed by atoms with Gasteiger partial charge in [0.25, 0.3) is 5.89 Å². The summed E-state index contributed by atoms with van der Waals surface area (Å²) in [5, 5.41) is 11.7. The summed E-state index contributed by atoms with van der Waals surface area (Å²) in [6, 6.07) is 1.67. The van der Waals surface area contributed by atoms with Crippen LogP contribution in [0.25, 0.3) is 11.5 Å². The fourth-order valence-corrected chi connectivity index (χ4v) is 1.26. The van der Waals surface area contributed by atoms with Crippen LogP contribution >= 0.6 is 11.6 Å². The molecule has 2 aromatic rings. The zero-order valence-corrected chi connectivity index (χ0v) is 8.50. The number of aliphatic hydroxyl groups is 1. The molecule has 1 heterocycles. The van der Waals surface area contributed by atoms with Crippen LogP contribution in [0.5, 0.6) is 0 Å². The quantitative estimate of drug-likeness (QED) is 0.825. The Balaban J connectivity index is 2.51. The van der Waals surface area contributed by atoms with Gasteiger partial charge in [0, 0.05) is 0 Å². The highest BCUT2D eigenvalue weighted by atomic mass is 35.5. The average molecular weight is 247 g/mol. The molecule has 7 heteroatoms. The van der Waals surface area contributed by atoms with E-state index in [4.69, 9.17) is 16.7 Å². The van der Waals surface area contributed by atoms with E-state index in [1.54, 1.807) is 0 Å². The second kappa shape index (κ2) is 4.15. The minimum atomic E-state index is -0.790. The second-order valence-corrected chi connectivity index (χ2v) is 3.33. The zero-order chi connectivity index (χ0) is 11.7. The van der Waals surface area contributed by atoms with E-state index in [-0.39, 0.29) is 22.3 Å². The van der Waals surface area contributed by atoms with E-state index in [1.165, 1.54) is 0 Å². The van der Waals surface area contributed by atoms with Gasteiger partial charge in [-0.05, 0) is 12.1 Å². The van der Waals surface area contributed by atoms with Crippen molar-refractivity contribution >= 4 is 11.6 Å². The van der Waals surface area contributed by atoms with Crippen LogP contribution in [-0.4, -0.2) is 15.2 Å². The number of aromatic nitrogens is 2. The smallest absolute Gasteiger partial charge is 0.261 e. The molecule has 0 amide bonds. The van der Waals surface area contributed by atoms with Gasteiger partial charge in [0.2, 0.25) is 0 Å². The lowest BCUT2D eigenvalue weighted by atomic mass is 10.2. The van der Waals surface area contributed by atoms with E-state index < -0.39 is 18.2 Å². The van der Waals surface area contributed by atoms with Gasteiger partial charge < -0.3 is 9.63 Å². The summed E-state index contributed by atoms with van der Waals surface area (Å²) in [4.78, 5) is 3.65. The van der Waals surface area contributed by atoms with Gasteiger partial charge in [-0.15, -0.1) is 0 Å². The summed E-state index contributed by atoms with van der Waals surface area (Å²) in [6.45, 7) is -0.443. The van der Waals surface area contributed by atoms with Gasteiger partial charge in [0.1, 0.15) is 18.2 Å². The molecule has 0 aliphatic carbocycles. The lowest BCUT2D eigenvalue weighted by molar-refractivity contribution is 0.264. The molecule has 2 rings (SSSR count). The van der Waals surface area contributed by atoms with Crippen molar-refractivity contribution in [2.75, 3.05) is 0 Å². The van der Waals surface area contributed by atoms with E-state index in [1.807, 2.05) is 0 Å². The zero-order valence-electron chi connectivity index (χ0n) is 7.75. The highest BCUT2D eigenvalue weighted by molar-refractivity contribution is 6.30. The van der Waals surface area contributed by atoms with Crippen molar-refractivity contribution in [3.05, 3.63) is 34.6 Å². The van der Waals surface area contributed by atoms with Crippen LogP contribution in [0.4, 0.5) is 8.78 Å². The average Bonchev–Trinajstić information content (AvgIpc) is 2.71. The van der Waals surface area contributed by atoms with Crippen LogP contribution < -0.4 is 0 Å². The molecule has 84 valence electrons. The van der Waals surface area contributed by atoms with E-state index in [0.717, 1.165) is 12.1 Å². The summed E-state index contributed by atoms with van der Waals surface area (Å²) >= 11 is 5.38. The highest BCUT2D eigenvalue weighted by Gasteiger charge is 2.16. The maximum atomic E-state index is 13.4. The lowest BCUT2D eigenvalue weighted by Crippen LogP contribution is -1.89. The van der Waals surface area contributed by atoms with Gasteiger partial charge in [-0.2, -0.15) is 4.98 Å². The number of hydrogen-bond acceptors (Lipinski definition) is 4. The largest absolute Gasteiger partial charge is 0.388 e. The van der Waals surface area contributed by atoms with Crippen LogP contribution in [0, 0.1) is 11.6 Å². The Kier molecular flexibility index (Phi) is 2.84. The molecule has 0 fully saturated rings. The molecule has 16 heavy (non-hydrogen) atoms. The van der Waals surface area contributed by atoms with Gasteiger partial charge in [-0.1, -0.05) is 16.8 Å². The third kappa shape index (κ3) is 1.89. The molecular weight excluding hydrogens is 242 g/mol. The first-order valence-electron chi connectivity index (χ1n) is 4.20. The summed E-state index contributed by atoms with van der Waals surface area (Å²) in [5.74, 6) is -1.79. The molecule has 0 aliphatic heterocycles. The Morgan fingerprint density at radius 2 is 2.06 bits per heavy atom. The molecule has 0 unspecified atom stereocenters. The summed E-state index contributed by atoms with van der Waals surface area (Å²) in [7, 11) is 0. The molecular formula is C9H5ClF2N2O2. The van der Waals surface area contributed by atoms with E-state index in [0.29, 0.717) is 0 Å². The molecule has 0 bridgehead atoms. The normalized spacial score (nSPS) is 10.8. The number of benzene rings is 1. The number of halogens is 3. The second-order valence-electron chi connectivity index (χ2n) is 2.92. The molecule has 0 aliphatic rings. The Morgan fingerprint density at radius 3 is 2.69 bits per heavy atom. The van der Waals surface area contributed by atoms with Gasteiger partial charge in [0.05, 0.1) is 10.6 Å². The monoisotopic (exact) mass is 246 g/mol. The molecule has 1 aromatic heterocycles. The third-order valence-electron chi connectivity index (χ3n) is 1.85. The fraction of sp³-hybridized carbons (Fsp3) is 0.111. The van der Waals surface area contributed by atoms with Gasteiger partial charge in [0.15, 0.2) is 5.82 Å². The lowest BCUT2D eigenvalue weighted by Gasteiger charge is -1.99. The predicted molar refractivity (Wildman–Crippen MR) is 50.6 cm³/mol. The highest BCUT2D eigenvalue weighted by Crippen LogP contribution is 2.26. The van der Waals surface area contributed by atoms with Crippen molar-refractivity contribution in [3.63, 3.8) is 0 Å². The first-order chi connectivity index (χ1) is 7.61. The van der Waals surface area contributed by atoms with Crippen molar-refractivity contribution in [1.29, 1.82) is 0 Å². The maximum absolute atomic E-state index is 13.4. The minimum absolute atomic E-state index is 0.00948. The number of aliphatic hydroxyl groups excluding tert-OH is 1. The molecule has 0 atom stereocenters. The molecule has 0 saturated heterocycles. The van der Waals surface area contributed by atoms with Crippen molar-refractivity contribution < 1.29 is 18.4 Å². The fourth-order valence-electron chi connectivity index (χ4n) is 1.11. The Bertz CT molecular complexity index is 530. The molecule has 0 radical (unpaired) electrons. The summed E-state index contributed by atoms with van der Waals surface area (Å²) in [6.07, 6.45) is 0. The Morgan fingerprint density at radius 1 is 1.31 bits per heavy atom. The van der Waals surface area contributed by atoms with Crippen molar-refractivity contribution in [3.8, 4) is 11.5 Å². The van der Waals surface area contributed by atoms with E-state index >= 15 is 0 Å². The van der Waals surface area contributed by atoms with Gasteiger partial charge in [-0.25, -0.2) is 8.78 Å². The SMILES string of the molecule is OCc1noc(-c2cc(F)c(Cl)cc2F)n1. The summed E-state index contributed by atoms with van der Waals surface area (Å²) in [5.41, 5.74) is -0.200. The standard InChI is InChI=1S/C9H5ClF2N2O2/c10-5-2-6(11)4(1-7(5)12)9-13-8(3-15)14-16-9/h1-2,15H,3H2. The molecule has 4 nitrogen and oxygen atoms in total. The predicted octanol–water partition coefficient (Wildman–Crippen LogP) is 2.16. The van der Waals surface area contributed by atoms with Crippen LogP contribution in [-0.2, 0) is 6.61 Å².